The maximum Gasteiger partial charge on any atom is 0.261 e. The Labute approximate surface area is 129 Å². The Hall–Kier alpha value is -1.36. The normalized spacial score (nSPS) is 12.4. The number of nitrogens with one attached hydrogen (secondary N) is 1. The molecule has 1 aromatic rings. The maximum absolute atomic E-state index is 12.1. The van der Waals surface area contributed by atoms with Crippen LogP contribution in [0, 0.1) is 18.8 Å². The van der Waals surface area contributed by atoms with Crippen LogP contribution in [0.1, 0.15) is 33.5 Å². The van der Waals surface area contributed by atoms with Crippen molar-refractivity contribution in [2.45, 2.75) is 26.3 Å². The van der Waals surface area contributed by atoms with E-state index in [4.69, 9.17) is 5.11 Å². The van der Waals surface area contributed by atoms with E-state index in [1.165, 1.54) is 11.3 Å². The fourth-order valence-electron chi connectivity index (χ4n) is 1.71. The van der Waals surface area contributed by atoms with Crippen molar-refractivity contribution in [3.63, 3.8) is 0 Å². The van der Waals surface area contributed by atoms with Gasteiger partial charge in [-0.15, -0.1) is 11.3 Å². The Morgan fingerprint density at radius 3 is 2.76 bits per heavy atom. The molecule has 1 atom stereocenters. The van der Waals surface area contributed by atoms with Crippen molar-refractivity contribution < 1.29 is 18.3 Å². The average molecular weight is 329 g/mol. The van der Waals surface area contributed by atoms with E-state index in [0.29, 0.717) is 11.3 Å². The van der Waals surface area contributed by atoms with Gasteiger partial charge in [0.25, 0.3) is 5.91 Å². The highest BCUT2D eigenvalue weighted by molar-refractivity contribution is 7.90. The van der Waals surface area contributed by atoms with Crippen LogP contribution in [0.3, 0.4) is 0 Å². The minimum Gasteiger partial charge on any atom is -0.395 e. The van der Waals surface area contributed by atoms with Gasteiger partial charge in [-0.2, -0.15) is 0 Å². The number of sulfone groups is 1. The number of aliphatic hydroxyl groups is 1. The zero-order valence-electron chi connectivity index (χ0n) is 12.3. The first-order valence-electron chi connectivity index (χ1n) is 6.41. The summed E-state index contributed by atoms with van der Waals surface area (Å²) in [6, 6.07) is 1.29. The first kappa shape index (κ1) is 17.7. The average Bonchev–Trinajstić information content (AvgIpc) is 2.69. The molecule has 0 fully saturated rings. The first-order valence-corrected chi connectivity index (χ1v) is 9.29. The fourth-order valence-corrected chi connectivity index (χ4v) is 3.65. The number of hydrogen-bond acceptors (Lipinski definition) is 5. The molecule has 0 aliphatic carbocycles. The van der Waals surface area contributed by atoms with E-state index in [0.717, 1.165) is 16.7 Å². The Kier molecular flexibility index (Phi) is 6.40. The molecule has 0 saturated carbocycles. The second-order valence-corrected chi connectivity index (χ2v) is 8.10. The lowest BCUT2D eigenvalue weighted by atomic mass is 10.2. The zero-order chi connectivity index (χ0) is 16.0. The quantitative estimate of drug-likeness (QED) is 0.788. The number of hydrogen-bond donors (Lipinski definition) is 2. The molecular weight excluding hydrogens is 310 g/mol. The van der Waals surface area contributed by atoms with E-state index in [1.54, 1.807) is 13.0 Å². The van der Waals surface area contributed by atoms with Crippen LogP contribution in [0.4, 0.5) is 0 Å². The zero-order valence-corrected chi connectivity index (χ0v) is 13.9. The third-order valence-electron chi connectivity index (χ3n) is 2.51. The summed E-state index contributed by atoms with van der Waals surface area (Å²) in [5, 5.41) is 11.4. The highest BCUT2D eigenvalue weighted by Gasteiger charge is 2.16. The van der Waals surface area contributed by atoms with Crippen LogP contribution < -0.4 is 5.32 Å². The van der Waals surface area contributed by atoms with Gasteiger partial charge >= 0.3 is 0 Å². The smallest absolute Gasteiger partial charge is 0.261 e. The Bertz CT molecular complexity index is 665. The van der Waals surface area contributed by atoms with Gasteiger partial charge in [-0.05, 0) is 25.5 Å². The minimum absolute atomic E-state index is 0.00771. The molecule has 0 spiro atoms. The molecule has 0 aliphatic heterocycles. The summed E-state index contributed by atoms with van der Waals surface area (Å²) in [4.78, 5) is 13.3. The lowest BCUT2D eigenvalue weighted by Gasteiger charge is -2.11. The largest absolute Gasteiger partial charge is 0.395 e. The van der Waals surface area contributed by atoms with E-state index in [1.807, 2.05) is 6.92 Å². The van der Waals surface area contributed by atoms with Gasteiger partial charge in [0.2, 0.25) is 0 Å². The molecule has 7 heteroatoms. The summed E-state index contributed by atoms with van der Waals surface area (Å²) in [5.41, 5.74) is 0.895. The summed E-state index contributed by atoms with van der Waals surface area (Å²) < 4.78 is 22.4. The van der Waals surface area contributed by atoms with Crippen molar-refractivity contribution in [2.24, 2.45) is 0 Å². The molecule has 21 heavy (non-hydrogen) atoms. The van der Waals surface area contributed by atoms with E-state index in [2.05, 4.69) is 17.2 Å². The second kappa shape index (κ2) is 7.59. The van der Waals surface area contributed by atoms with Gasteiger partial charge in [-0.25, -0.2) is 8.42 Å². The van der Waals surface area contributed by atoms with Gasteiger partial charge in [0, 0.05) is 18.7 Å². The molecule has 0 radical (unpaired) electrons. The molecule has 1 unspecified atom stereocenters. The third kappa shape index (κ3) is 6.29. The van der Waals surface area contributed by atoms with Gasteiger partial charge in [-0.3, -0.25) is 4.79 Å². The number of thiophene rings is 1. The summed E-state index contributed by atoms with van der Waals surface area (Å²) >= 11 is 1.26. The topological polar surface area (TPSA) is 83.5 Å². The molecular formula is C14H19NO4S2. The Morgan fingerprint density at radius 2 is 2.19 bits per heavy atom. The lowest BCUT2D eigenvalue weighted by Crippen LogP contribution is -2.36. The van der Waals surface area contributed by atoms with Gasteiger partial charge < -0.3 is 10.4 Å². The number of carbonyl (C=O) groups is 1. The van der Waals surface area contributed by atoms with Crippen molar-refractivity contribution in [3.05, 3.63) is 21.4 Å². The third-order valence-corrected chi connectivity index (χ3v) is 4.77. The SMILES string of the molecule is Cc1cc(C(=O)NC(C)CS(C)(=O)=O)sc1C#CCCO. The maximum atomic E-state index is 12.1. The van der Waals surface area contributed by atoms with E-state index in [-0.39, 0.29) is 18.3 Å². The van der Waals surface area contributed by atoms with Crippen LogP contribution in [-0.2, 0) is 9.84 Å². The van der Waals surface area contributed by atoms with Gasteiger partial charge in [0.1, 0.15) is 9.84 Å². The van der Waals surface area contributed by atoms with Crippen LogP contribution in [-0.4, -0.2) is 44.1 Å². The van der Waals surface area contributed by atoms with Gasteiger partial charge in [0.05, 0.1) is 22.1 Å². The summed E-state index contributed by atoms with van der Waals surface area (Å²) in [6.07, 6.45) is 1.53. The Morgan fingerprint density at radius 1 is 1.52 bits per heavy atom. The molecule has 0 saturated heterocycles. The fraction of sp³-hybridized carbons (Fsp3) is 0.500. The second-order valence-electron chi connectivity index (χ2n) is 4.87. The van der Waals surface area contributed by atoms with Crippen molar-refractivity contribution >= 4 is 27.1 Å². The molecule has 0 aliphatic rings. The summed E-state index contributed by atoms with van der Waals surface area (Å²) in [6.45, 7) is 3.52. The van der Waals surface area contributed by atoms with Crippen LogP contribution in [0.5, 0.6) is 0 Å². The van der Waals surface area contributed by atoms with E-state index >= 15 is 0 Å². The van der Waals surface area contributed by atoms with Crippen molar-refractivity contribution in [1.29, 1.82) is 0 Å². The highest BCUT2D eigenvalue weighted by Crippen LogP contribution is 2.21. The first-order chi connectivity index (χ1) is 9.73. The summed E-state index contributed by atoms with van der Waals surface area (Å²) in [5.74, 6) is 5.34. The number of carbonyl (C=O) groups excluding carboxylic acids is 1. The van der Waals surface area contributed by atoms with Crippen LogP contribution >= 0.6 is 11.3 Å². The highest BCUT2D eigenvalue weighted by atomic mass is 32.2. The predicted molar refractivity (Wildman–Crippen MR) is 84.3 cm³/mol. The van der Waals surface area contributed by atoms with E-state index < -0.39 is 15.9 Å². The molecule has 5 nitrogen and oxygen atoms in total. The predicted octanol–water partition coefficient (Wildman–Crippen LogP) is 0.953. The number of aliphatic hydroxyl groups excluding tert-OH is 1. The van der Waals surface area contributed by atoms with Crippen LogP contribution in [0.2, 0.25) is 0 Å². The Balaban J connectivity index is 2.76. The molecule has 2 N–H and O–H groups in total. The molecule has 1 aromatic heterocycles. The molecule has 1 amide bonds. The van der Waals surface area contributed by atoms with Gasteiger partial charge in [0.15, 0.2) is 0 Å². The van der Waals surface area contributed by atoms with Gasteiger partial charge in [-0.1, -0.05) is 11.8 Å². The number of amides is 1. The number of rotatable bonds is 5. The minimum atomic E-state index is -3.13. The standard InChI is InChI=1S/C14H19NO4S2/c1-10-8-13(20-12(10)6-4-5-7-16)14(17)15-11(2)9-21(3,18)19/h8,11,16H,5,7,9H2,1-3H3,(H,15,17). The monoisotopic (exact) mass is 329 g/mol. The summed E-state index contributed by atoms with van der Waals surface area (Å²) in [7, 11) is -3.13. The molecule has 0 aromatic carbocycles. The van der Waals surface area contributed by atoms with Crippen LogP contribution in [0.25, 0.3) is 0 Å². The molecule has 116 valence electrons. The van der Waals surface area contributed by atoms with Crippen molar-refractivity contribution in [3.8, 4) is 11.8 Å². The van der Waals surface area contributed by atoms with Crippen molar-refractivity contribution in [1.82, 2.24) is 5.32 Å². The van der Waals surface area contributed by atoms with Crippen LogP contribution in [0.15, 0.2) is 6.07 Å². The number of aryl methyl sites for hydroxylation is 1. The van der Waals surface area contributed by atoms with E-state index in [9.17, 15) is 13.2 Å². The van der Waals surface area contributed by atoms with Crippen molar-refractivity contribution in [2.75, 3.05) is 18.6 Å². The molecule has 1 heterocycles. The lowest BCUT2D eigenvalue weighted by molar-refractivity contribution is 0.0947. The molecule has 0 bridgehead atoms. The molecule has 1 rings (SSSR count).